The van der Waals surface area contributed by atoms with Gasteiger partial charge in [-0.2, -0.15) is 0 Å². The molecule has 0 bridgehead atoms. The minimum Gasteiger partial charge on any atom is -0.508 e. The molecule has 4 rings (SSSR count). The number of fused-ring (bicyclic) bond motifs is 1. The number of para-hydroxylation sites is 2. The van der Waals surface area contributed by atoms with E-state index in [1.807, 2.05) is 36.4 Å². The Morgan fingerprint density at radius 1 is 0.952 bits per heavy atom. The number of nitrogens with zero attached hydrogens (tertiary/aromatic N) is 2. The first-order valence-electron chi connectivity index (χ1n) is 7.08. The van der Waals surface area contributed by atoms with E-state index in [1.165, 1.54) is 0 Å². The van der Waals surface area contributed by atoms with Crippen LogP contribution >= 0.6 is 0 Å². The Balaban J connectivity index is 1.96. The predicted octanol–water partition coefficient (Wildman–Crippen LogP) is 2.69. The van der Waals surface area contributed by atoms with Crippen molar-refractivity contribution >= 4 is 11.0 Å². The highest BCUT2D eigenvalue weighted by Crippen LogP contribution is 2.31. The number of aromatic nitrogens is 2. The van der Waals surface area contributed by atoms with Gasteiger partial charge in [0, 0.05) is 24.6 Å². The van der Waals surface area contributed by atoms with Gasteiger partial charge in [-0.1, -0.05) is 24.3 Å². The molecule has 21 heavy (non-hydrogen) atoms. The molecule has 0 radical (unpaired) electrons. The summed E-state index contributed by atoms with van der Waals surface area (Å²) < 4.78 is 0. The molecular weight excluding hydrogens is 262 g/mol. The number of hydrogen-bond acceptors (Lipinski definition) is 4. The number of benzene rings is 2. The van der Waals surface area contributed by atoms with Crippen molar-refractivity contribution in [1.29, 1.82) is 0 Å². The van der Waals surface area contributed by atoms with Crippen LogP contribution in [0.25, 0.3) is 22.3 Å². The normalized spacial score (nSPS) is 15.0. The van der Waals surface area contributed by atoms with Gasteiger partial charge in [0.25, 0.3) is 0 Å². The van der Waals surface area contributed by atoms with E-state index in [9.17, 15) is 5.11 Å². The number of aromatic hydroxyl groups is 1. The zero-order valence-electron chi connectivity index (χ0n) is 11.5. The Bertz CT molecular complexity index is 812. The molecule has 1 aliphatic heterocycles. The Kier molecular flexibility index (Phi) is 2.82. The van der Waals surface area contributed by atoms with E-state index >= 15 is 0 Å². The summed E-state index contributed by atoms with van der Waals surface area (Å²) in [5, 5.41) is 13.0. The SMILES string of the molecule is Oc1cccc(-c2nc3ccccc3nc2C2CNC2)c1. The average molecular weight is 277 g/mol. The first-order chi connectivity index (χ1) is 10.3. The number of phenols is 1. The van der Waals surface area contributed by atoms with Crippen LogP contribution in [0.3, 0.4) is 0 Å². The first-order valence-corrected chi connectivity index (χ1v) is 7.08. The molecule has 4 nitrogen and oxygen atoms in total. The van der Waals surface area contributed by atoms with Crippen molar-refractivity contribution in [3.8, 4) is 17.0 Å². The molecule has 0 unspecified atom stereocenters. The Morgan fingerprint density at radius 2 is 1.71 bits per heavy atom. The van der Waals surface area contributed by atoms with Gasteiger partial charge < -0.3 is 10.4 Å². The monoisotopic (exact) mass is 277 g/mol. The predicted molar refractivity (Wildman–Crippen MR) is 82.2 cm³/mol. The lowest BCUT2D eigenvalue weighted by Crippen LogP contribution is -2.40. The summed E-state index contributed by atoms with van der Waals surface area (Å²) in [6.07, 6.45) is 0. The largest absolute Gasteiger partial charge is 0.508 e. The summed E-state index contributed by atoms with van der Waals surface area (Å²) in [6, 6.07) is 15.1. The van der Waals surface area contributed by atoms with E-state index in [4.69, 9.17) is 9.97 Å². The van der Waals surface area contributed by atoms with Crippen LogP contribution in [0.1, 0.15) is 11.6 Å². The highest BCUT2D eigenvalue weighted by molar-refractivity contribution is 5.79. The highest BCUT2D eigenvalue weighted by atomic mass is 16.3. The second kappa shape index (κ2) is 4.82. The van der Waals surface area contributed by atoms with Crippen molar-refractivity contribution in [3.05, 3.63) is 54.2 Å². The zero-order chi connectivity index (χ0) is 14.2. The van der Waals surface area contributed by atoms with Crippen molar-refractivity contribution in [1.82, 2.24) is 15.3 Å². The lowest BCUT2D eigenvalue weighted by atomic mass is 9.94. The molecule has 2 N–H and O–H groups in total. The molecule has 1 aliphatic rings. The fourth-order valence-corrected chi connectivity index (χ4v) is 2.65. The molecule has 3 aromatic rings. The third kappa shape index (κ3) is 2.14. The van der Waals surface area contributed by atoms with Crippen LogP contribution in [0.4, 0.5) is 0 Å². The summed E-state index contributed by atoms with van der Waals surface area (Å²) in [7, 11) is 0. The summed E-state index contributed by atoms with van der Waals surface area (Å²) in [4.78, 5) is 9.61. The van der Waals surface area contributed by atoms with E-state index in [2.05, 4.69) is 5.32 Å². The van der Waals surface area contributed by atoms with E-state index in [0.29, 0.717) is 5.92 Å². The van der Waals surface area contributed by atoms with E-state index in [0.717, 1.165) is 41.1 Å². The lowest BCUT2D eigenvalue weighted by molar-refractivity contribution is 0.441. The van der Waals surface area contributed by atoms with Crippen molar-refractivity contribution in [2.75, 3.05) is 13.1 Å². The average Bonchev–Trinajstić information content (AvgIpc) is 2.45. The molecule has 0 saturated carbocycles. The Labute approximate surface area is 122 Å². The third-order valence-electron chi connectivity index (χ3n) is 3.89. The number of hydrogen-bond donors (Lipinski definition) is 2. The maximum atomic E-state index is 9.73. The van der Waals surface area contributed by atoms with Gasteiger partial charge in [-0.25, -0.2) is 9.97 Å². The van der Waals surface area contributed by atoms with Gasteiger partial charge in [0.15, 0.2) is 0 Å². The van der Waals surface area contributed by atoms with E-state index in [-0.39, 0.29) is 5.75 Å². The number of rotatable bonds is 2. The summed E-state index contributed by atoms with van der Waals surface area (Å²) in [6.45, 7) is 1.86. The van der Waals surface area contributed by atoms with Gasteiger partial charge in [0.05, 0.1) is 22.4 Å². The van der Waals surface area contributed by atoms with Gasteiger partial charge in [-0.3, -0.25) is 0 Å². The fourth-order valence-electron chi connectivity index (χ4n) is 2.65. The van der Waals surface area contributed by atoms with Crippen LogP contribution in [-0.4, -0.2) is 28.2 Å². The quantitative estimate of drug-likeness (QED) is 0.756. The minimum absolute atomic E-state index is 0.250. The van der Waals surface area contributed by atoms with Crippen LogP contribution in [0.15, 0.2) is 48.5 Å². The van der Waals surface area contributed by atoms with Gasteiger partial charge in [0.1, 0.15) is 5.75 Å². The van der Waals surface area contributed by atoms with Crippen molar-refractivity contribution in [2.45, 2.75) is 5.92 Å². The lowest BCUT2D eigenvalue weighted by Gasteiger charge is -2.28. The number of phenolic OH excluding ortho intramolecular Hbond substituents is 1. The zero-order valence-corrected chi connectivity index (χ0v) is 11.5. The minimum atomic E-state index is 0.250. The highest BCUT2D eigenvalue weighted by Gasteiger charge is 2.25. The molecule has 1 fully saturated rings. The fraction of sp³-hybridized carbons (Fsp3) is 0.176. The molecule has 4 heteroatoms. The molecule has 2 aromatic carbocycles. The second-order valence-corrected chi connectivity index (χ2v) is 5.35. The smallest absolute Gasteiger partial charge is 0.116 e. The molecule has 1 aromatic heterocycles. The van der Waals surface area contributed by atoms with Gasteiger partial charge in [0.2, 0.25) is 0 Å². The van der Waals surface area contributed by atoms with Gasteiger partial charge in [-0.15, -0.1) is 0 Å². The van der Waals surface area contributed by atoms with Crippen LogP contribution in [0.5, 0.6) is 5.75 Å². The number of nitrogens with one attached hydrogen (secondary N) is 1. The molecule has 0 aliphatic carbocycles. The molecule has 104 valence electrons. The topological polar surface area (TPSA) is 58.0 Å². The Hall–Kier alpha value is -2.46. The van der Waals surface area contributed by atoms with Gasteiger partial charge >= 0.3 is 0 Å². The second-order valence-electron chi connectivity index (χ2n) is 5.35. The van der Waals surface area contributed by atoms with Crippen molar-refractivity contribution in [3.63, 3.8) is 0 Å². The van der Waals surface area contributed by atoms with E-state index < -0.39 is 0 Å². The van der Waals surface area contributed by atoms with Crippen LogP contribution < -0.4 is 5.32 Å². The molecule has 0 spiro atoms. The molecule has 0 atom stereocenters. The maximum absolute atomic E-state index is 9.73. The summed E-state index contributed by atoms with van der Waals surface area (Å²) in [5.41, 5.74) is 4.60. The summed E-state index contributed by atoms with van der Waals surface area (Å²) in [5.74, 6) is 0.639. The van der Waals surface area contributed by atoms with Crippen LogP contribution in [0, 0.1) is 0 Å². The summed E-state index contributed by atoms with van der Waals surface area (Å²) >= 11 is 0. The van der Waals surface area contributed by atoms with E-state index in [1.54, 1.807) is 12.1 Å². The Morgan fingerprint density at radius 3 is 2.38 bits per heavy atom. The molecular formula is C17H15N3O. The van der Waals surface area contributed by atoms with Crippen LogP contribution in [0.2, 0.25) is 0 Å². The van der Waals surface area contributed by atoms with Crippen molar-refractivity contribution in [2.24, 2.45) is 0 Å². The van der Waals surface area contributed by atoms with Crippen molar-refractivity contribution < 1.29 is 5.11 Å². The van der Waals surface area contributed by atoms with Gasteiger partial charge in [-0.05, 0) is 24.3 Å². The molecule has 1 saturated heterocycles. The molecule has 2 heterocycles. The first kappa shape index (κ1) is 12.3. The third-order valence-corrected chi connectivity index (χ3v) is 3.89. The molecule has 0 amide bonds. The standard InChI is InChI=1S/C17H15N3O/c21-13-5-3-4-11(8-13)16-17(12-9-18-10-12)20-15-7-2-1-6-14(15)19-16/h1-8,12,18,21H,9-10H2. The maximum Gasteiger partial charge on any atom is 0.116 e. The van der Waals surface area contributed by atoms with Crippen LogP contribution in [-0.2, 0) is 0 Å².